The Morgan fingerprint density at radius 1 is 1.32 bits per heavy atom. The minimum absolute atomic E-state index is 0.298. The number of hydrogen-bond donors (Lipinski definition) is 1. The summed E-state index contributed by atoms with van der Waals surface area (Å²) in [6.07, 6.45) is 4.02. The first-order chi connectivity index (χ1) is 9.38. The van der Waals surface area contributed by atoms with Crippen LogP contribution in [0.5, 0.6) is 0 Å². The molecule has 100 valence electrons. The van der Waals surface area contributed by atoms with E-state index in [2.05, 4.69) is 42.6 Å². The first-order valence-electron chi connectivity index (χ1n) is 6.90. The molecule has 1 aromatic heterocycles. The molecule has 0 amide bonds. The summed E-state index contributed by atoms with van der Waals surface area (Å²) in [4.78, 5) is 1.42. The predicted molar refractivity (Wildman–Crippen MR) is 79.5 cm³/mol. The van der Waals surface area contributed by atoms with Crippen molar-refractivity contribution in [2.45, 2.75) is 36.0 Å². The van der Waals surface area contributed by atoms with Gasteiger partial charge >= 0.3 is 0 Å². The molecule has 2 aromatic rings. The van der Waals surface area contributed by atoms with Crippen LogP contribution in [0.25, 0.3) is 0 Å². The van der Waals surface area contributed by atoms with E-state index < -0.39 is 0 Å². The highest BCUT2D eigenvalue weighted by molar-refractivity contribution is 8.00. The Balaban J connectivity index is 1.79. The van der Waals surface area contributed by atoms with Gasteiger partial charge in [-0.05, 0) is 43.1 Å². The summed E-state index contributed by atoms with van der Waals surface area (Å²) in [6, 6.07) is 13.1. The number of benzene rings is 1. The highest BCUT2D eigenvalue weighted by Gasteiger charge is 2.31. The standard InChI is InChI=1S/C16H19NOS/c1-2-9-17-16(13-7-5-10-18-13)15-11-12-6-3-4-8-14(12)19-15/h3-8,10,15-17H,2,9,11H2,1H3. The third-order valence-corrected chi connectivity index (χ3v) is 4.90. The molecule has 1 aliphatic heterocycles. The fourth-order valence-electron chi connectivity index (χ4n) is 2.58. The summed E-state index contributed by atoms with van der Waals surface area (Å²) < 4.78 is 5.63. The lowest BCUT2D eigenvalue weighted by Gasteiger charge is -2.22. The van der Waals surface area contributed by atoms with E-state index in [9.17, 15) is 0 Å². The van der Waals surface area contributed by atoms with Crippen molar-refractivity contribution >= 4 is 11.8 Å². The van der Waals surface area contributed by atoms with Crippen molar-refractivity contribution in [2.75, 3.05) is 6.54 Å². The van der Waals surface area contributed by atoms with Crippen molar-refractivity contribution < 1.29 is 4.42 Å². The summed E-state index contributed by atoms with van der Waals surface area (Å²) in [6.45, 7) is 3.22. The van der Waals surface area contributed by atoms with Crippen LogP contribution >= 0.6 is 11.8 Å². The maximum Gasteiger partial charge on any atom is 0.121 e. The zero-order chi connectivity index (χ0) is 13.1. The first kappa shape index (κ1) is 12.8. The molecule has 1 aromatic carbocycles. The van der Waals surface area contributed by atoms with Gasteiger partial charge in [0.15, 0.2) is 0 Å². The van der Waals surface area contributed by atoms with E-state index in [0.717, 1.165) is 25.1 Å². The van der Waals surface area contributed by atoms with Gasteiger partial charge in [0, 0.05) is 10.1 Å². The molecular formula is C16H19NOS. The third kappa shape index (κ3) is 2.72. The molecule has 1 N–H and O–H groups in total. The van der Waals surface area contributed by atoms with E-state index in [1.54, 1.807) is 6.26 Å². The molecule has 0 spiro atoms. The molecule has 19 heavy (non-hydrogen) atoms. The lowest BCUT2D eigenvalue weighted by molar-refractivity contribution is 0.404. The van der Waals surface area contributed by atoms with Crippen LogP contribution < -0.4 is 5.32 Å². The average Bonchev–Trinajstić information content (AvgIpc) is 3.08. The van der Waals surface area contributed by atoms with Gasteiger partial charge in [-0.1, -0.05) is 25.1 Å². The van der Waals surface area contributed by atoms with Gasteiger partial charge in [-0.2, -0.15) is 0 Å². The number of nitrogens with one attached hydrogen (secondary N) is 1. The number of rotatable bonds is 5. The van der Waals surface area contributed by atoms with Crippen molar-refractivity contribution in [3.63, 3.8) is 0 Å². The Hall–Kier alpha value is -1.19. The zero-order valence-corrected chi connectivity index (χ0v) is 12.0. The second-order valence-corrected chi connectivity index (χ2v) is 6.20. The number of furan rings is 1. The van der Waals surface area contributed by atoms with Crippen molar-refractivity contribution in [1.29, 1.82) is 0 Å². The molecular weight excluding hydrogens is 254 g/mol. The molecule has 0 fully saturated rings. The van der Waals surface area contributed by atoms with E-state index in [-0.39, 0.29) is 0 Å². The van der Waals surface area contributed by atoms with Crippen LogP contribution in [0.2, 0.25) is 0 Å². The smallest absolute Gasteiger partial charge is 0.121 e. The van der Waals surface area contributed by atoms with Gasteiger partial charge in [0.1, 0.15) is 5.76 Å². The van der Waals surface area contributed by atoms with Crippen molar-refractivity contribution in [2.24, 2.45) is 0 Å². The van der Waals surface area contributed by atoms with Crippen molar-refractivity contribution in [3.05, 3.63) is 54.0 Å². The van der Waals surface area contributed by atoms with Crippen LogP contribution in [0.3, 0.4) is 0 Å². The maximum atomic E-state index is 5.63. The largest absolute Gasteiger partial charge is 0.468 e. The third-order valence-electron chi connectivity index (χ3n) is 3.51. The molecule has 3 heteroatoms. The van der Waals surface area contributed by atoms with Crippen LogP contribution in [-0.2, 0) is 6.42 Å². The Bertz CT molecular complexity index is 498. The SMILES string of the molecule is CCCNC(c1ccco1)C1Cc2ccccc2S1. The predicted octanol–water partition coefficient (Wildman–Crippen LogP) is 4.04. The minimum atomic E-state index is 0.298. The molecule has 2 unspecified atom stereocenters. The minimum Gasteiger partial charge on any atom is -0.468 e. The van der Waals surface area contributed by atoms with Gasteiger partial charge in [-0.25, -0.2) is 0 Å². The van der Waals surface area contributed by atoms with Crippen LogP contribution in [0.4, 0.5) is 0 Å². The maximum absolute atomic E-state index is 5.63. The summed E-state index contributed by atoms with van der Waals surface area (Å²) in [5.41, 5.74) is 1.47. The summed E-state index contributed by atoms with van der Waals surface area (Å²) in [7, 11) is 0. The lowest BCUT2D eigenvalue weighted by Crippen LogP contribution is -2.30. The molecule has 2 heterocycles. The quantitative estimate of drug-likeness (QED) is 0.890. The van der Waals surface area contributed by atoms with E-state index in [1.165, 1.54) is 10.5 Å². The Kier molecular flexibility index (Phi) is 3.95. The molecule has 3 rings (SSSR count). The molecule has 0 aliphatic carbocycles. The molecule has 2 nitrogen and oxygen atoms in total. The van der Waals surface area contributed by atoms with Gasteiger partial charge in [0.2, 0.25) is 0 Å². The molecule has 2 atom stereocenters. The highest BCUT2D eigenvalue weighted by Crippen LogP contribution is 2.42. The highest BCUT2D eigenvalue weighted by atomic mass is 32.2. The number of thioether (sulfide) groups is 1. The molecule has 0 bridgehead atoms. The second-order valence-electron chi connectivity index (χ2n) is 4.92. The van der Waals surface area contributed by atoms with Gasteiger partial charge < -0.3 is 9.73 Å². The fourth-order valence-corrected chi connectivity index (χ4v) is 3.99. The van der Waals surface area contributed by atoms with Crippen LogP contribution in [0, 0.1) is 0 Å². The topological polar surface area (TPSA) is 25.2 Å². The Labute approximate surface area is 118 Å². The summed E-state index contributed by atoms with van der Waals surface area (Å²) in [5, 5.41) is 4.16. The van der Waals surface area contributed by atoms with E-state index in [1.807, 2.05) is 17.8 Å². The number of hydrogen-bond acceptors (Lipinski definition) is 3. The molecule has 0 radical (unpaired) electrons. The Morgan fingerprint density at radius 2 is 2.21 bits per heavy atom. The van der Waals surface area contributed by atoms with Gasteiger partial charge in [0.25, 0.3) is 0 Å². The van der Waals surface area contributed by atoms with Gasteiger partial charge in [-0.15, -0.1) is 11.8 Å². The van der Waals surface area contributed by atoms with E-state index in [0.29, 0.717) is 11.3 Å². The summed E-state index contributed by atoms with van der Waals surface area (Å²) in [5.74, 6) is 1.05. The zero-order valence-electron chi connectivity index (χ0n) is 11.1. The Morgan fingerprint density at radius 3 is 2.95 bits per heavy atom. The summed E-state index contributed by atoms with van der Waals surface area (Å²) >= 11 is 1.97. The fraction of sp³-hybridized carbons (Fsp3) is 0.375. The van der Waals surface area contributed by atoms with Gasteiger partial charge in [-0.3, -0.25) is 0 Å². The monoisotopic (exact) mass is 273 g/mol. The van der Waals surface area contributed by atoms with Crippen molar-refractivity contribution in [3.8, 4) is 0 Å². The van der Waals surface area contributed by atoms with E-state index >= 15 is 0 Å². The average molecular weight is 273 g/mol. The van der Waals surface area contributed by atoms with Crippen LogP contribution in [0.15, 0.2) is 52.0 Å². The van der Waals surface area contributed by atoms with Crippen LogP contribution in [0.1, 0.15) is 30.7 Å². The molecule has 0 saturated carbocycles. The molecule has 0 saturated heterocycles. The van der Waals surface area contributed by atoms with E-state index in [4.69, 9.17) is 4.42 Å². The van der Waals surface area contributed by atoms with Crippen LogP contribution in [-0.4, -0.2) is 11.8 Å². The molecule has 1 aliphatic rings. The lowest BCUT2D eigenvalue weighted by atomic mass is 10.0. The number of fused-ring (bicyclic) bond motifs is 1. The second kappa shape index (κ2) is 5.85. The van der Waals surface area contributed by atoms with Gasteiger partial charge in [0.05, 0.1) is 12.3 Å². The first-order valence-corrected chi connectivity index (χ1v) is 7.78. The van der Waals surface area contributed by atoms with Crippen molar-refractivity contribution in [1.82, 2.24) is 5.32 Å². The normalized spacial score (nSPS) is 19.3.